The van der Waals surface area contributed by atoms with E-state index in [-0.39, 0.29) is 34.8 Å². The second-order valence-corrected chi connectivity index (χ2v) is 10.3. The van der Waals surface area contributed by atoms with E-state index in [2.05, 4.69) is 37.4 Å². The van der Waals surface area contributed by atoms with E-state index in [1.54, 1.807) is 7.11 Å². The van der Waals surface area contributed by atoms with Gasteiger partial charge >= 0.3 is 0 Å². The zero-order chi connectivity index (χ0) is 21.5. The summed E-state index contributed by atoms with van der Waals surface area (Å²) >= 11 is 0. The molecule has 1 amide bonds. The maximum atomic E-state index is 12.7. The molecule has 5 heteroatoms. The molecule has 5 nitrogen and oxygen atoms in total. The van der Waals surface area contributed by atoms with Gasteiger partial charge in [0.1, 0.15) is 12.4 Å². The molecule has 2 bridgehead atoms. The van der Waals surface area contributed by atoms with Gasteiger partial charge in [-0.25, -0.2) is 0 Å². The number of hydrogen-bond donors (Lipinski definition) is 1. The van der Waals surface area contributed by atoms with Crippen LogP contribution in [0.4, 0.5) is 0 Å². The average Bonchev–Trinajstić information content (AvgIpc) is 3.20. The van der Waals surface area contributed by atoms with Gasteiger partial charge in [-0.05, 0) is 59.6 Å². The van der Waals surface area contributed by atoms with Crippen LogP contribution in [0.25, 0.3) is 0 Å². The van der Waals surface area contributed by atoms with Crippen molar-refractivity contribution in [3.8, 4) is 5.75 Å². The normalized spacial score (nSPS) is 34.1. The molecule has 0 aromatic heterocycles. The molecule has 1 N–H and O–H groups in total. The van der Waals surface area contributed by atoms with Crippen molar-refractivity contribution in [2.24, 2.45) is 28.6 Å². The van der Waals surface area contributed by atoms with Crippen molar-refractivity contribution in [1.29, 1.82) is 0 Å². The minimum absolute atomic E-state index is 0.00587. The van der Waals surface area contributed by atoms with Gasteiger partial charge in [0.2, 0.25) is 5.91 Å². The SMILES string of the molecule is COCCOc1cccc([C@H]2OCCC34C[C@@H](C[C@H]23)C(C)(C)[C@H]4NC(=O)C(C)C)c1. The Morgan fingerprint density at radius 3 is 2.83 bits per heavy atom. The summed E-state index contributed by atoms with van der Waals surface area (Å²) in [4.78, 5) is 12.7. The van der Waals surface area contributed by atoms with Crippen molar-refractivity contribution in [3.63, 3.8) is 0 Å². The molecule has 1 heterocycles. The quantitative estimate of drug-likeness (QED) is 0.672. The topological polar surface area (TPSA) is 56.8 Å². The molecule has 1 spiro atoms. The third-order valence-corrected chi connectivity index (χ3v) is 8.06. The molecule has 1 aromatic rings. The average molecular weight is 416 g/mol. The molecular weight excluding hydrogens is 378 g/mol. The van der Waals surface area contributed by atoms with E-state index in [1.807, 2.05) is 19.9 Å². The molecule has 1 aromatic carbocycles. The minimum atomic E-state index is 0.00587. The van der Waals surface area contributed by atoms with Gasteiger partial charge in [0.05, 0.1) is 12.7 Å². The van der Waals surface area contributed by atoms with E-state index in [9.17, 15) is 4.79 Å². The van der Waals surface area contributed by atoms with Gasteiger partial charge in [-0.3, -0.25) is 4.79 Å². The highest BCUT2D eigenvalue weighted by Gasteiger charge is 2.68. The second-order valence-electron chi connectivity index (χ2n) is 10.3. The zero-order valence-electron chi connectivity index (χ0n) is 19.1. The number of methoxy groups -OCH3 is 1. The van der Waals surface area contributed by atoms with Crippen LogP contribution in [0.15, 0.2) is 24.3 Å². The van der Waals surface area contributed by atoms with Crippen molar-refractivity contribution in [1.82, 2.24) is 5.32 Å². The van der Waals surface area contributed by atoms with Gasteiger partial charge in [0.25, 0.3) is 0 Å². The number of carbonyl (C=O) groups excluding carboxylic acids is 1. The van der Waals surface area contributed by atoms with Gasteiger partial charge in [-0.15, -0.1) is 0 Å². The smallest absolute Gasteiger partial charge is 0.222 e. The lowest BCUT2D eigenvalue weighted by Gasteiger charge is -2.53. The number of amides is 1. The monoisotopic (exact) mass is 415 g/mol. The second kappa shape index (κ2) is 8.16. The molecule has 2 saturated carbocycles. The van der Waals surface area contributed by atoms with Crippen LogP contribution in [0, 0.1) is 28.6 Å². The third kappa shape index (κ3) is 3.54. The fourth-order valence-electron chi connectivity index (χ4n) is 6.45. The molecule has 3 fully saturated rings. The van der Waals surface area contributed by atoms with Crippen molar-refractivity contribution in [3.05, 3.63) is 29.8 Å². The first-order valence-electron chi connectivity index (χ1n) is 11.4. The Hall–Kier alpha value is -1.59. The number of hydrogen-bond acceptors (Lipinski definition) is 4. The van der Waals surface area contributed by atoms with Crippen LogP contribution in [0.1, 0.15) is 58.6 Å². The molecule has 2 aliphatic carbocycles. The van der Waals surface area contributed by atoms with Gasteiger partial charge in [0.15, 0.2) is 0 Å². The first kappa shape index (κ1) is 21.6. The van der Waals surface area contributed by atoms with Crippen LogP contribution in [0.5, 0.6) is 5.75 Å². The van der Waals surface area contributed by atoms with E-state index in [1.165, 1.54) is 18.4 Å². The maximum absolute atomic E-state index is 12.7. The predicted octanol–water partition coefficient (Wildman–Crippen LogP) is 4.37. The van der Waals surface area contributed by atoms with E-state index in [0.29, 0.717) is 25.0 Å². The summed E-state index contributed by atoms with van der Waals surface area (Å²) in [5.74, 6) is 2.08. The lowest BCUT2D eigenvalue weighted by molar-refractivity contribution is -0.139. The number of fused-ring (bicyclic) bond motifs is 1. The first-order chi connectivity index (χ1) is 14.3. The summed E-state index contributed by atoms with van der Waals surface area (Å²) in [6.07, 6.45) is 3.45. The fourth-order valence-corrected chi connectivity index (χ4v) is 6.45. The number of carbonyl (C=O) groups is 1. The minimum Gasteiger partial charge on any atom is -0.491 e. The number of benzene rings is 1. The Labute approximate surface area is 180 Å². The van der Waals surface area contributed by atoms with E-state index >= 15 is 0 Å². The summed E-state index contributed by atoms with van der Waals surface area (Å²) in [7, 11) is 1.68. The van der Waals surface area contributed by atoms with Crippen molar-refractivity contribution in [2.75, 3.05) is 26.9 Å². The molecule has 1 aliphatic heterocycles. The van der Waals surface area contributed by atoms with Crippen LogP contribution in [-0.2, 0) is 14.3 Å². The van der Waals surface area contributed by atoms with Gasteiger partial charge in [0, 0.05) is 25.7 Å². The van der Waals surface area contributed by atoms with E-state index in [0.717, 1.165) is 18.8 Å². The Kier molecular flexibility index (Phi) is 5.88. The zero-order valence-corrected chi connectivity index (χ0v) is 19.1. The Morgan fingerprint density at radius 2 is 2.10 bits per heavy atom. The van der Waals surface area contributed by atoms with Crippen LogP contribution >= 0.6 is 0 Å². The molecule has 1 unspecified atom stereocenters. The Morgan fingerprint density at radius 1 is 1.30 bits per heavy atom. The summed E-state index contributed by atoms with van der Waals surface area (Å²) in [6.45, 7) is 10.5. The van der Waals surface area contributed by atoms with Gasteiger partial charge in [-0.2, -0.15) is 0 Å². The summed E-state index contributed by atoms with van der Waals surface area (Å²) < 4.78 is 17.3. The van der Waals surface area contributed by atoms with Crippen LogP contribution in [0.3, 0.4) is 0 Å². The molecule has 166 valence electrons. The van der Waals surface area contributed by atoms with Crippen LogP contribution < -0.4 is 10.1 Å². The highest BCUT2D eigenvalue weighted by atomic mass is 16.5. The third-order valence-electron chi connectivity index (χ3n) is 8.06. The van der Waals surface area contributed by atoms with E-state index < -0.39 is 0 Å². The lowest BCUT2D eigenvalue weighted by atomic mass is 9.58. The van der Waals surface area contributed by atoms with E-state index in [4.69, 9.17) is 14.2 Å². The van der Waals surface area contributed by atoms with Gasteiger partial charge in [-0.1, -0.05) is 39.8 Å². The molecule has 1 saturated heterocycles. The Bertz CT molecular complexity index is 776. The van der Waals surface area contributed by atoms with Crippen LogP contribution in [0.2, 0.25) is 0 Å². The molecule has 5 atom stereocenters. The first-order valence-corrected chi connectivity index (χ1v) is 11.4. The van der Waals surface area contributed by atoms with Crippen molar-refractivity contribution in [2.45, 2.75) is 59.1 Å². The summed E-state index contributed by atoms with van der Waals surface area (Å²) in [5.41, 5.74) is 1.43. The standard InChI is InChI=1S/C25H37NO4/c1-16(2)22(27)26-23-24(3,4)18-14-20-21(30-10-9-25(20,23)15-18)17-7-6-8-19(13-17)29-12-11-28-5/h6-8,13,16,18,20-21,23H,9-12,14-15H2,1-5H3,(H,26,27)/t18-,20-,21-,23-,25?/m1/s1. The summed E-state index contributed by atoms with van der Waals surface area (Å²) in [5, 5.41) is 3.47. The Balaban J connectivity index is 1.60. The van der Waals surface area contributed by atoms with Crippen molar-refractivity contribution >= 4 is 5.91 Å². The van der Waals surface area contributed by atoms with Crippen LogP contribution in [-0.4, -0.2) is 38.9 Å². The number of ether oxygens (including phenoxy) is 3. The molecule has 3 aliphatic rings. The molecule has 4 rings (SSSR count). The molecule has 30 heavy (non-hydrogen) atoms. The van der Waals surface area contributed by atoms with Gasteiger partial charge < -0.3 is 19.5 Å². The highest BCUT2D eigenvalue weighted by Crippen LogP contribution is 2.70. The predicted molar refractivity (Wildman–Crippen MR) is 116 cm³/mol. The maximum Gasteiger partial charge on any atom is 0.222 e. The highest BCUT2D eigenvalue weighted by molar-refractivity contribution is 5.78. The lowest BCUT2D eigenvalue weighted by Crippen LogP contribution is -2.59. The molecular formula is C25H37NO4. The number of nitrogens with one attached hydrogen (secondary N) is 1. The number of rotatable bonds is 7. The summed E-state index contributed by atoms with van der Waals surface area (Å²) in [6, 6.07) is 8.53. The molecule has 0 radical (unpaired) electrons. The largest absolute Gasteiger partial charge is 0.491 e. The fraction of sp³-hybridized carbons (Fsp3) is 0.720. The van der Waals surface area contributed by atoms with Crippen molar-refractivity contribution < 1.29 is 19.0 Å².